The van der Waals surface area contributed by atoms with Gasteiger partial charge in [-0.1, -0.05) is 6.42 Å². The minimum atomic E-state index is -0.491. The minimum Gasteiger partial charge on any atom is -0.392 e. The van der Waals surface area contributed by atoms with Gasteiger partial charge in [0, 0.05) is 6.54 Å². The maximum atomic E-state index is 9.21. The highest BCUT2D eigenvalue weighted by molar-refractivity contribution is 5.05. The Kier molecular flexibility index (Phi) is 2.48. The van der Waals surface area contributed by atoms with Gasteiger partial charge in [0.15, 0.2) is 0 Å². The number of nitriles is 1. The molecule has 0 aliphatic heterocycles. The molecule has 0 spiro atoms. The first-order valence-corrected chi connectivity index (χ1v) is 4.02. The first-order chi connectivity index (χ1) is 5.22. The Hall–Kier alpha value is -0.590. The van der Waals surface area contributed by atoms with Crippen LogP contribution in [-0.2, 0) is 0 Å². The van der Waals surface area contributed by atoms with E-state index in [2.05, 4.69) is 6.07 Å². The zero-order valence-electron chi connectivity index (χ0n) is 6.58. The molecule has 11 heavy (non-hydrogen) atoms. The van der Waals surface area contributed by atoms with Gasteiger partial charge >= 0.3 is 0 Å². The van der Waals surface area contributed by atoms with Gasteiger partial charge < -0.3 is 10.8 Å². The van der Waals surface area contributed by atoms with E-state index in [0.29, 0.717) is 6.42 Å². The van der Waals surface area contributed by atoms with Gasteiger partial charge in [-0.15, -0.1) is 0 Å². The lowest BCUT2D eigenvalue weighted by Crippen LogP contribution is -2.34. The molecule has 1 fully saturated rings. The van der Waals surface area contributed by atoms with Crippen LogP contribution < -0.4 is 5.73 Å². The van der Waals surface area contributed by atoms with Crippen LogP contribution in [0.5, 0.6) is 0 Å². The molecule has 1 atom stereocenters. The third-order valence-corrected chi connectivity index (χ3v) is 2.45. The Labute approximate surface area is 66.8 Å². The first-order valence-electron chi connectivity index (χ1n) is 4.02. The molecule has 1 aliphatic rings. The van der Waals surface area contributed by atoms with Crippen molar-refractivity contribution in [3.8, 4) is 6.07 Å². The van der Waals surface area contributed by atoms with Crippen molar-refractivity contribution in [1.29, 1.82) is 5.26 Å². The van der Waals surface area contributed by atoms with Crippen molar-refractivity contribution in [3.05, 3.63) is 0 Å². The molecule has 0 aromatic rings. The number of nitrogens with zero attached hydrogens (tertiary/aromatic N) is 1. The molecular weight excluding hydrogens is 140 g/mol. The van der Waals surface area contributed by atoms with Crippen molar-refractivity contribution in [1.82, 2.24) is 0 Å². The summed E-state index contributed by atoms with van der Waals surface area (Å²) in [7, 11) is 0. The number of rotatable bonds is 3. The fraction of sp³-hybridized carbons (Fsp3) is 0.875. The molecule has 0 amide bonds. The molecule has 1 aliphatic carbocycles. The molecule has 1 rings (SSSR count). The van der Waals surface area contributed by atoms with Crippen LogP contribution in [0.1, 0.15) is 25.7 Å². The number of nitrogens with two attached hydrogens (primary N) is 1. The van der Waals surface area contributed by atoms with Gasteiger partial charge in [-0.3, -0.25) is 0 Å². The molecule has 0 bridgehead atoms. The smallest absolute Gasteiger partial charge is 0.0690 e. The van der Waals surface area contributed by atoms with Gasteiger partial charge in [0.2, 0.25) is 0 Å². The summed E-state index contributed by atoms with van der Waals surface area (Å²) < 4.78 is 0. The normalized spacial score (nSPS) is 23.4. The van der Waals surface area contributed by atoms with Crippen molar-refractivity contribution < 1.29 is 5.11 Å². The Morgan fingerprint density at radius 3 is 2.55 bits per heavy atom. The van der Waals surface area contributed by atoms with Crippen molar-refractivity contribution in [3.63, 3.8) is 0 Å². The van der Waals surface area contributed by atoms with Crippen molar-refractivity contribution in [2.45, 2.75) is 31.8 Å². The molecular formula is C8H14N2O. The lowest BCUT2D eigenvalue weighted by molar-refractivity contribution is 0.0859. The van der Waals surface area contributed by atoms with E-state index in [-0.39, 0.29) is 12.0 Å². The summed E-state index contributed by atoms with van der Waals surface area (Å²) in [6.07, 6.45) is 3.04. The van der Waals surface area contributed by atoms with Crippen LogP contribution in [0.3, 0.4) is 0 Å². The molecule has 3 nitrogen and oxygen atoms in total. The van der Waals surface area contributed by atoms with E-state index in [4.69, 9.17) is 11.0 Å². The lowest BCUT2D eigenvalue weighted by atomic mass is 9.67. The topological polar surface area (TPSA) is 70.0 Å². The Morgan fingerprint density at radius 2 is 2.27 bits per heavy atom. The quantitative estimate of drug-likeness (QED) is 0.617. The maximum Gasteiger partial charge on any atom is 0.0690 e. The van der Waals surface area contributed by atoms with E-state index in [1.54, 1.807) is 0 Å². The largest absolute Gasteiger partial charge is 0.392 e. The second kappa shape index (κ2) is 3.21. The molecule has 0 radical (unpaired) electrons. The molecule has 0 heterocycles. The lowest BCUT2D eigenvalue weighted by Gasteiger charge is -2.36. The molecule has 3 N–H and O–H groups in total. The second-order valence-corrected chi connectivity index (χ2v) is 3.34. The molecule has 0 saturated heterocycles. The van der Waals surface area contributed by atoms with Gasteiger partial charge in [-0.25, -0.2) is 0 Å². The highest BCUT2D eigenvalue weighted by Crippen LogP contribution is 2.43. The molecule has 3 heteroatoms. The second-order valence-electron chi connectivity index (χ2n) is 3.34. The monoisotopic (exact) mass is 154 g/mol. The SMILES string of the molecule is N#CC1(C[C@@H](O)CN)CCC1. The third-order valence-electron chi connectivity index (χ3n) is 2.45. The Balaban J connectivity index is 2.40. The first kappa shape index (κ1) is 8.51. The van der Waals surface area contributed by atoms with Crippen LogP contribution in [0.25, 0.3) is 0 Å². The zero-order valence-corrected chi connectivity index (χ0v) is 6.58. The summed E-state index contributed by atoms with van der Waals surface area (Å²) in [5.74, 6) is 0. The van der Waals surface area contributed by atoms with Crippen LogP contribution in [0.4, 0.5) is 0 Å². The average molecular weight is 154 g/mol. The Bertz CT molecular complexity index is 169. The van der Waals surface area contributed by atoms with Crippen LogP contribution >= 0.6 is 0 Å². The summed E-state index contributed by atoms with van der Waals surface area (Å²) in [6.45, 7) is 0.267. The zero-order chi connectivity index (χ0) is 8.32. The third kappa shape index (κ3) is 1.70. The highest BCUT2D eigenvalue weighted by atomic mass is 16.3. The van der Waals surface area contributed by atoms with E-state index in [1.165, 1.54) is 0 Å². The molecule has 0 aromatic carbocycles. The van der Waals surface area contributed by atoms with E-state index in [9.17, 15) is 5.11 Å². The number of hydrogen-bond donors (Lipinski definition) is 2. The van der Waals surface area contributed by atoms with Crippen molar-refractivity contribution in [2.24, 2.45) is 11.1 Å². The van der Waals surface area contributed by atoms with Gasteiger partial charge in [0.1, 0.15) is 0 Å². The summed E-state index contributed by atoms with van der Waals surface area (Å²) in [5, 5.41) is 18.0. The summed E-state index contributed by atoms with van der Waals surface area (Å²) >= 11 is 0. The van der Waals surface area contributed by atoms with Crippen molar-refractivity contribution in [2.75, 3.05) is 6.54 Å². The molecule has 0 aromatic heterocycles. The highest BCUT2D eigenvalue weighted by Gasteiger charge is 2.38. The van der Waals surface area contributed by atoms with E-state index < -0.39 is 6.10 Å². The van der Waals surface area contributed by atoms with Crippen LogP contribution in [0.15, 0.2) is 0 Å². The number of aliphatic hydroxyl groups is 1. The molecule has 0 unspecified atom stereocenters. The minimum absolute atomic E-state index is 0.237. The predicted molar refractivity (Wildman–Crippen MR) is 41.6 cm³/mol. The summed E-state index contributed by atoms with van der Waals surface area (Å²) in [6, 6.07) is 2.26. The number of hydrogen-bond acceptors (Lipinski definition) is 3. The fourth-order valence-electron chi connectivity index (χ4n) is 1.50. The van der Waals surface area contributed by atoms with E-state index in [0.717, 1.165) is 19.3 Å². The average Bonchev–Trinajstić information content (AvgIpc) is 1.96. The van der Waals surface area contributed by atoms with E-state index >= 15 is 0 Å². The Morgan fingerprint density at radius 1 is 1.64 bits per heavy atom. The summed E-state index contributed by atoms with van der Waals surface area (Å²) in [4.78, 5) is 0. The maximum absolute atomic E-state index is 9.21. The van der Waals surface area contributed by atoms with Gasteiger partial charge in [-0.05, 0) is 19.3 Å². The van der Waals surface area contributed by atoms with Crippen molar-refractivity contribution >= 4 is 0 Å². The summed E-state index contributed by atoms with van der Waals surface area (Å²) in [5.41, 5.74) is 5.02. The predicted octanol–water partition coefficient (Wildman–Crippen LogP) is 0.390. The molecule has 1 saturated carbocycles. The van der Waals surface area contributed by atoms with Crippen LogP contribution in [0.2, 0.25) is 0 Å². The standard InChI is InChI=1S/C8H14N2O/c9-5-7(11)4-8(6-10)2-1-3-8/h7,11H,1-5,9H2/t7-/m1/s1. The van der Waals surface area contributed by atoms with Crippen LogP contribution in [0, 0.1) is 16.7 Å². The fourth-order valence-corrected chi connectivity index (χ4v) is 1.50. The van der Waals surface area contributed by atoms with Gasteiger partial charge in [0.05, 0.1) is 17.6 Å². The number of aliphatic hydroxyl groups excluding tert-OH is 1. The van der Waals surface area contributed by atoms with E-state index in [1.807, 2.05) is 0 Å². The van der Waals surface area contributed by atoms with Gasteiger partial charge in [-0.2, -0.15) is 5.26 Å². The molecule has 62 valence electrons. The van der Waals surface area contributed by atoms with Gasteiger partial charge in [0.25, 0.3) is 0 Å². The van der Waals surface area contributed by atoms with Crippen LogP contribution in [-0.4, -0.2) is 17.8 Å².